The van der Waals surface area contributed by atoms with Gasteiger partial charge in [0, 0.05) is 18.4 Å². The number of carboxylic acid groups (broad SMARTS) is 1. The number of para-hydroxylation sites is 1. The number of benzene rings is 2. The molecule has 0 aliphatic heterocycles. The summed E-state index contributed by atoms with van der Waals surface area (Å²) in [5.74, 6) is -4.73. The first-order valence-electron chi connectivity index (χ1n) is 10.2. The van der Waals surface area contributed by atoms with Crippen molar-refractivity contribution in [1.29, 1.82) is 0 Å². The molecule has 2 aromatic carbocycles. The number of fused-ring (bicyclic) bond motifs is 1. The number of hydrogen-bond donors (Lipinski definition) is 3. The monoisotopic (exact) mass is 558 g/mol. The molecule has 0 bridgehead atoms. The summed E-state index contributed by atoms with van der Waals surface area (Å²) in [7, 11) is -10.4. The largest absolute Gasteiger partial charge is 0.481 e. The maximum Gasteiger partial charge on any atom is 0.446 e. The third-order valence-electron chi connectivity index (χ3n) is 4.59. The van der Waals surface area contributed by atoms with E-state index < -0.39 is 61.2 Å². The summed E-state index contributed by atoms with van der Waals surface area (Å²) in [5.41, 5.74) is -1.26. The lowest BCUT2D eigenvalue weighted by Gasteiger charge is -2.13. The van der Waals surface area contributed by atoms with Gasteiger partial charge in [-0.25, -0.2) is 0 Å². The van der Waals surface area contributed by atoms with Crippen molar-refractivity contribution in [3.63, 3.8) is 0 Å². The van der Waals surface area contributed by atoms with Crippen molar-refractivity contribution in [2.24, 2.45) is 0 Å². The van der Waals surface area contributed by atoms with Gasteiger partial charge in [-0.15, -0.1) is 0 Å². The molecular formula is C21H18O14S2. The molecule has 3 aromatic rings. The number of hydrogen-bond acceptors (Lipinski definition) is 11. The van der Waals surface area contributed by atoms with E-state index in [4.69, 9.17) is 23.4 Å². The van der Waals surface area contributed by atoms with Crippen LogP contribution in [-0.2, 0) is 30.4 Å². The summed E-state index contributed by atoms with van der Waals surface area (Å²) >= 11 is 0. The number of carboxylic acids is 1. The van der Waals surface area contributed by atoms with Gasteiger partial charge in [0.2, 0.25) is 11.2 Å². The van der Waals surface area contributed by atoms with Gasteiger partial charge < -0.3 is 22.6 Å². The third-order valence-corrected chi connectivity index (χ3v) is 5.36. The van der Waals surface area contributed by atoms with Crippen LogP contribution in [0.3, 0.4) is 0 Å². The number of carbonyl (C=O) groups is 2. The molecule has 37 heavy (non-hydrogen) atoms. The maximum atomic E-state index is 12.9. The summed E-state index contributed by atoms with van der Waals surface area (Å²) in [4.78, 5) is 35.5. The van der Waals surface area contributed by atoms with Crippen molar-refractivity contribution in [2.75, 3.05) is 0 Å². The molecule has 3 rings (SSSR count). The van der Waals surface area contributed by atoms with Crippen molar-refractivity contribution >= 4 is 43.7 Å². The molecule has 0 amide bonds. The zero-order chi connectivity index (χ0) is 27.4. The molecule has 14 nitrogen and oxygen atoms in total. The van der Waals surface area contributed by atoms with Gasteiger partial charge in [-0.2, -0.15) is 16.8 Å². The van der Waals surface area contributed by atoms with E-state index in [1.807, 2.05) is 0 Å². The molecule has 3 N–H and O–H groups in total. The Morgan fingerprint density at radius 3 is 2.16 bits per heavy atom. The van der Waals surface area contributed by atoms with E-state index >= 15 is 0 Å². The highest BCUT2D eigenvalue weighted by Crippen LogP contribution is 2.38. The van der Waals surface area contributed by atoms with Crippen LogP contribution < -0.4 is 18.5 Å². The molecule has 0 fully saturated rings. The lowest BCUT2D eigenvalue weighted by Crippen LogP contribution is -2.15. The van der Waals surface area contributed by atoms with E-state index in [2.05, 4.69) is 8.37 Å². The van der Waals surface area contributed by atoms with Crippen LogP contribution >= 0.6 is 0 Å². The Balaban J connectivity index is 2.07. The van der Waals surface area contributed by atoms with E-state index in [9.17, 15) is 31.2 Å². The highest BCUT2D eigenvalue weighted by molar-refractivity contribution is 7.81. The van der Waals surface area contributed by atoms with E-state index in [0.29, 0.717) is 0 Å². The zero-order valence-corrected chi connectivity index (χ0v) is 20.2. The minimum atomic E-state index is -5.21. The first-order chi connectivity index (χ1) is 17.2. The Morgan fingerprint density at radius 1 is 0.865 bits per heavy atom. The van der Waals surface area contributed by atoms with Crippen LogP contribution in [0.5, 0.6) is 17.2 Å². The van der Waals surface area contributed by atoms with E-state index in [1.54, 1.807) is 0 Å². The SMILES string of the molecule is O=C(O)CCCCC(=O)Oc1ccc(-c2oc3ccccc3c(=O)c2OS(=O)(=O)O)cc1OS(=O)(=O)O. The minimum Gasteiger partial charge on any atom is -0.481 e. The van der Waals surface area contributed by atoms with Crippen molar-refractivity contribution in [3.8, 4) is 28.6 Å². The van der Waals surface area contributed by atoms with Gasteiger partial charge in [0.15, 0.2) is 17.3 Å². The van der Waals surface area contributed by atoms with Crippen molar-refractivity contribution in [1.82, 2.24) is 0 Å². The van der Waals surface area contributed by atoms with Crippen LogP contribution in [-0.4, -0.2) is 43.0 Å². The lowest BCUT2D eigenvalue weighted by atomic mass is 10.1. The molecule has 1 aromatic heterocycles. The smallest absolute Gasteiger partial charge is 0.446 e. The topological polar surface area (TPSA) is 221 Å². The average molecular weight is 558 g/mol. The number of rotatable bonds is 11. The molecule has 0 saturated heterocycles. The summed E-state index contributed by atoms with van der Waals surface area (Å²) in [6.07, 6.45) is -0.0815. The fourth-order valence-corrected chi connectivity index (χ4v) is 3.85. The van der Waals surface area contributed by atoms with Crippen molar-refractivity contribution in [2.45, 2.75) is 25.7 Å². The van der Waals surface area contributed by atoms with Gasteiger partial charge in [-0.05, 0) is 43.2 Å². The first kappa shape index (κ1) is 27.6. The molecule has 198 valence electrons. The fraction of sp³-hybridized carbons (Fsp3) is 0.190. The predicted molar refractivity (Wildman–Crippen MR) is 124 cm³/mol. The van der Waals surface area contributed by atoms with Crippen LogP contribution in [0, 0.1) is 0 Å². The summed E-state index contributed by atoms with van der Waals surface area (Å²) in [6, 6.07) is 8.58. The number of ether oxygens (including phenoxy) is 1. The number of esters is 1. The van der Waals surface area contributed by atoms with Crippen LogP contribution in [0.1, 0.15) is 25.7 Å². The Hall–Kier alpha value is -3.99. The van der Waals surface area contributed by atoms with E-state index in [1.165, 1.54) is 24.3 Å². The molecule has 0 aliphatic rings. The molecule has 0 unspecified atom stereocenters. The highest BCUT2D eigenvalue weighted by atomic mass is 32.3. The zero-order valence-electron chi connectivity index (χ0n) is 18.5. The number of aliphatic carboxylic acids is 1. The van der Waals surface area contributed by atoms with Crippen LogP contribution in [0.25, 0.3) is 22.3 Å². The number of unbranched alkanes of at least 4 members (excludes halogenated alkanes) is 1. The third kappa shape index (κ3) is 7.74. The molecule has 0 saturated carbocycles. The average Bonchev–Trinajstić information content (AvgIpc) is 2.78. The van der Waals surface area contributed by atoms with Gasteiger partial charge in [0.1, 0.15) is 5.58 Å². The van der Waals surface area contributed by atoms with Crippen LogP contribution in [0.4, 0.5) is 0 Å². The van der Waals surface area contributed by atoms with E-state index in [-0.39, 0.29) is 42.2 Å². The Kier molecular flexibility index (Phi) is 8.17. The molecular weight excluding hydrogens is 540 g/mol. The Bertz CT molecular complexity index is 1620. The van der Waals surface area contributed by atoms with Gasteiger partial charge in [0.25, 0.3) is 0 Å². The molecule has 0 aliphatic carbocycles. The second-order valence-corrected chi connectivity index (χ2v) is 9.39. The summed E-state index contributed by atoms with van der Waals surface area (Å²) in [5, 5.41) is 8.54. The standard InChI is InChI=1S/C21H18O14S2/c22-17(23)7-3-4-8-18(24)32-15-10-9-12(11-16(15)34-36(26,27)28)20-21(35-37(29,30)31)19(25)13-5-1-2-6-14(13)33-20/h1-2,5-6,9-11H,3-4,7-8H2,(H,22,23)(H,26,27,28)(H,29,30,31). The predicted octanol–water partition coefficient (Wildman–Crippen LogP) is 2.37. The molecule has 0 radical (unpaired) electrons. The van der Waals surface area contributed by atoms with Crippen LogP contribution in [0.2, 0.25) is 0 Å². The fourth-order valence-electron chi connectivity index (χ4n) is 3.13. The van der Waals surface area contributed by atoms with Crippen LogP contribution in [0.15, 0.2) is 51.7 Å². The summed E-state index contributed by atoms with van der Waals surface area (Å²) in [6.45, 7) is 0. The Morgan fingerprint density at radius 2 is 1.51 bits per heavy atom. The first-order valence-corrected chi connectivity index (χ1v) is 12.9. The van der Waals surface area contributed by atoms with Crippen molar-refractivity contribution in [3.05, 3.63) is 52.7 Å². The molecule has 1 heterocycles. The van der Waals surface area contributed by atoms with Gasteiger partial charge in [-0.1, -0.05) is 12.1 Å². The summed E-state index contributed by atoms with van der Waals surface area (Å²) < 4.78 is 83.3. The maximum absolute atomic E-state index is 12.9. The second kappa shape index (κ2) is 11.0. The molecule has 0 spiro atoms. The van der Waals surface area contributed by atoms with Gasteiger partial charge in [-0.3, -0.25) is 23.5 Å². The van der Waals surface area contributed by atoms with Crippen molar-refractivity contribution < 1.29 is 58.2 Å². The van der Waals surface area contributed by atoms with E-state index in [0.717, 1.165) is 18.2 Å². The Labute approximate surface area is 208 Å². The second-order valence-electron chi connectivity index (χ2n) is 7.34. The molecule has 16 heteroatoms. The number of carbonyl (C=O) groups excluding carboxylic acids is 1. The normalized spacial score (nSPS) is 11.7. The highest BCUT2D eigenvalue weighted by Gasteiger charge is 2.25. The van der Waals surface area contributed by atoms with Gasteiger partial charge >= 0.3 is 32.7 Å². The van der Waals surface area contributed by atoms with Gasteiger partial charge in [0.05, 0.1) is 5.39 Å². The quantitative estimate of drug-likeness (QED) is 0.133. The lowest BCUT2D eigenvalue weighted by molar-refractivity contribution is -0.138. The minimum absolute atomic E-state index is 0.0284. The molecule has 0 atom stereocenters.